The minimum Gasteiger partial charge on any atom is -0.480 e. The van der Waals surface area contributed by atoms with Crippen molar-refractivity contribution in [2.24, 2.45) is 11.5 Å². The number of hydrogen-bond acceptors (Lipinski definition) is 12. The van der Waals surface area contributed by atoms with E-state index in [-0.39, 0.29) is 37.7 Å². The normalized spacial score (nSPS) is 14.0. The van der Waals surface area contributed by atoms with Crippen LogP contribution in [0.3, 0.4) is 0 Å². The highest BCUT2D eigenvalue weighted by atomic mass is 16.4. The van der Waals surface area contributed by atoms with Crippen LogP contribution in [-0.4, -0.2) is 131 Å². The molecule has 7 atom stereocenters. The summed E-state index contributed by atoms with van der Waals surface area (Å²) in [6.07, 6.45) is -0.921. The van der Waals surface area contributed by atoms with Crippen molar-refractivity contribution in [3.63, 3.8) is 0 Å². The number of primary amides is 1. The third-order valence-corrected chi connectivity index (χ3v) is 9.90. The molecule has 356 valence electrons. The largest absolute Gasteiger partial charge is 0.480 e. The molecule has 14 N–H and O–H groups in total. The van der Waals surface area contributed by atoms with Gasteiger partial charge in [-0.05, 0) is 82.2 Å². The number of hydrogen-bond donors (Lipinski definition) is 12. The molecule has 0 heterocycles. The summed E-state index contributed by atoms with van der Waals surface area (Å²) in [7, 11) is 0. The van der Waals surface area contributed by atoms with Gasteiger partial charge in [0.25, 0.3) is 5.91 Å². The highest BCUT2D eigenvalue weighted by Crippen LogP contribution is 2.19. The topological polar surface area (TPSA) is 359 Å². The number of carboxylic acids is 1. The summed E-state index contributed by atoms with van der Waals surface area (Å²) in [4.78, 5) is 127. The van der Waals surface area contributed by atoms with Crippen LogP contribution in [0.5, 0.6) is 0 Å². The van der Waals surface area contributed by atoms with Gasteiger partial charge in [0.2, 0.25) is 47.3 Å². The van der Waals surface area contributed by atoms with Crippen molar-refractivity contribution >= 4 is 59.1 Å². The Kier molecular flexibility index (Phi) is 23.3. The molecule has 0 aromatic heterocycles. The molecule has 0 fully saturated rings. The molecule has 0 aliphatic rings. The maximum absolute atomic E-state index is 13.4. The van der Waals surface area contributed by atoms with Crippen LogP contribution in [0.1, 0.15) is 83.0 Å². The number of benzene rings is 2. The van der Waals surface area contributed by atoms with E-state index in [1.54, 1.807) is 38.1 Å². The van der Waals surface area contributed by atoms with E-state index in [2.05, 4.69) is 42.5 Å². The second-order valence-electron chi connectivity index (χ2n) is 15.1. The molecule has 1 unspecified atom stereocenters. The first-order valence-electron chi connectivity index (χ1n) is 21.2. The van der Waals surface area contributed by atoms with Crippen LogP contribution in [0.4, 0.5) is 0 Å². The fraction of sp³-hybridized carbons (Fsp3) is 0.488. The molecule has 0 saturated heterocycles. The molecule has 65 heavy (non-hydrogen) atoms. The molecular weight excluding hydrogens is 849 g/mol. The van der Waals surface area contributed by atoms with E-state index in [0.717, 1.165) is 11.1 Å². The van der Waals surface area contributed by atoms with Gasteiger partial charge >= 0.3 is 5.97 Å². The van der Waals surface area contributed by atoms with Crippen LogP contribution >= 0.6 is 0 Å². The Morgan fingerprint density at radius 3 is 1.58 bits per heavy atom. The third-order valence-electron chi connectivity index (χ3n) is 9.90. The van der Waals surface area contributed by atoms with Crippen LogP contribution < -0.4 is 54.0 Å². The Morgan fingerprint density at radius 1 is 0.585 bits per heavy atom. The quantitative estimate of drug-likeness (QED) is 0.0404. The van der Waals surface area contributed by atoms with Crippen LogP contribution in [0.2, 0.25) is 0 Å². The van der Waals surface area contributed by atoms with Crippen LogP contribution in [0.25, 0.3) is 11.1 Å². The van der Waals surface area contributed by atoms with E-state index in [1.807, 2.05) is 30.3 Å². The molecule has 22 heteroatoms. The van der Waals surface area contributed by atoms with Gasteiger partial charge in [0.05, 0.1) is 19.2 Å². The van der Waals surface area contributed by atoms with Crippen LogP contribution in [-0.2, 0) is 43.2 Å². The van der Waals surface area contributed by atoms with E-state index < -0.39 is 115 Å². The van der Waals surface area contributed by atoms with Crippen molar-refractivity contribution < 1.29 is 58.2 Å². The zero-order valence-electron chi connectivity index (χ0n) is 36.9. The third kappa shape index (κ3) is 19.1. The van der Waals surface area contributed by atoms with Crippen molar-refractivity contribution in [3.8, 4) is 11.1 Å². The number of aliphatic hydroxyl groups excluding tert-OH is 1. The molecule has 2 rings (SSSR count). The molecule has 2 aromatic rings. The monoisotopic (exact) mass is 910 g/mol. The van der Waals surface area contributed by atoms with Crippen molar-refractivity contribution in [2.45, 2.75) is 115 Å². The fourth-order valence-corrected chi connectivity index (χ4v) is 6.10. The number of aliphatic hydroxyl groups is 1. The average molecular weight is 911 g/mol. The number of rotatable bonds is 28. The summed E-state index contributed by atoms with van der Waals surface area (Å²) >= 11 is 0. The maximum atomic E-state index is 13.4. The van der Waals surface area contributed by atoms with Gasteiger partial charge in [0, 0.05) is 12.0 Å². The number of amides is 9. The minimum absolute atomic E-state index is 0.0312. The van der Waals surface area contributed by atoms with Crippen molar-refractivity contribution in [1.82, 2.24) is 42.5 Å². The minimum atomic E-state index is -1.64. The van der Waals surface area contributed by atoms with E-state index >= 15 is 0 Å². The van der Waals surface area contributed by atoms with Gasteiger partial charge < -0.3 is 64.2 Å². The maximum Gasteiger partial charge on any atom is 0.328 e. The lowest BCUT2D eigenvalue weighted by Gasteiger charge is -2.24. The summed E-state index contributed by atoms with van der Waals surface area (Å²) in [6.45, 7) is 4.75. The Labute approximate surface area is 376 Å². The number of carbonyl (C=O) groups excluding carboxylic acids is 9. The molecule has 0 aliphatic heterocycles. The van der Waals surface area contributed by atoms with Crippen LogP contribution in [0.15, 0.2) is 54.6 Å². The van der Waals surface area contributed by atoms with Gasteiger partial charge in [0.15, 0.2) is 6.04 Å². The SMILES string of the molecule is CC[C@H](NC(=O)CNC(=O)[C@H](CC)NC(=O)[C@H](CCC(N)=O)NC(=O)[C@H](C)NC(=O)c1ccc(-c2ccccc2)cc1)C(=O)NCC(=O)N[C@@H](CCCCN)C(=O)NC(C(=O)O)[C@@H](C)O. The smallest absolute Gasteiger partial charge is 0.328 e. The summed E-state index contributed by atoms with van der Waals surface area (Å²) in [5, 5.41) is 38.3. The zero-order valence-corrected chi connectivity index (χ0v) is 36.9. The number of carbonyl (C=O) groups is 10. The standard InChI is InChI=1S/C43H62N10O12/c1-5-29(39(60)46-23-35(57)50-31(14-10-11-21-44)42(63)53-36(25(4)54)43(64)65)49-34(56)22-47-40(61)30(6-2)51-41(62)32(19-20-33(45)55)52-37(58)24(3)48-38(59)28-17-15-27(16-18-28)26-12-8-7-9-13-26/h7-9,12-13,15-18,24-25,29-32,36,54H,5-6,10-11,14,19-23,44H2,1-4H3,(H2,45,55)(H,46,60)(H,47,61)(H,48,59)(H,49,56)(H,50,57)(H,51,62)(H,52,58)(H,53,63)(H,64,65)/t24-,25+,29-,30-,31-,32-,36?/m0/s1. The lowest BCUT2D eigenvalue weighted by molar-refractivity contribution is -0.145. The summed E-state index contributed by atoms with van der Waals surface area (Å²) < 4.78 is 0. The predicted molar refractivity (Wildman–Crippen MR) is 236 cm³/mol. The molecule has 0 aliphatic carbocycles. The Morgan fingerprint density at radius 2 is 1.08 bits per heavy atom. The molecular formula is C43H62N10O12. The zero-order chi connectivity index (χ0) is 48.6. The number of aliphatic carboxylic acids is 1. The summed E-state index contributed by atoms with van der Waals surface area (Å²) in [6, 6.07) is 8.52. The first kappa shape index (κ1) is 54.2. The highest BCUT2D eigenvalue weighted by molar-refractivity contribution is 5.99. The first-order chi connectivity index (χ1) is 30.8. The highest BCUT2D eigenvalue weighted by Gasteiger charge is 2.31. The summed E-state index contributed by atoms with van der Waals surface area (Å²) in [5.41, 5.74) is 12.9. The molecule has 22 nitrogen and oxygen atoms in total. The van der Waals surface area contributed by atoms with Gasteiger partial charge in [-0.2, -0.15) is 0 Å². The lowest BCUT2D eigenvalue weighted by atomic mass is 10.0. The Bertz CT molecular complexity index is 1970. The number of carboxylic acid groups (broad SMARTS) is 1. The van der Waals surface area contributed by atoms with Crippen molar-refractivity contribution in [3.05, 3.63) is 60.2 Å². The van der Waals surface area contributed by atoms with E-state index in [0.29, 0.717) is 19.4 Å². The second-order valence-corrected chi connectivity index (χ2v) is 15.1. The number of unbranched alkanes of at least 4 members (excludes halogenated alkanes) is 1. The molecule has 2 aromatic carbocycles. The van der Waals surface area contributed by atoms with E-state index in [9.17, 15) is 58.2 Å². The van der Waals surface area contributed by atoms with Gasteiger partial charge in [-0.15, -0.1) is 0 Å². The molecule has 0 radical (unpaired) electrons. The van der Waals surface area contributed by atoms with Gasteiger partial charge in [-0.25, -0.2) is 4.79 Å². The van der Waals surface area contributed by atoms with Crippen molar-refractivity contribution in [1.29, 1.82) is 0 Å². The summed E-state index contributed by atoms with van der Waals surface area (Å²) in [5.74, 6) is -8.46. The average Bonchev–Trinajstić information content (AvgIpc) is 3.28. The Hall–Kier alpha value is -6.94. The molecule has 9 amide bonds. The molecule has 0 bridgehead atoms. The van der Waals surface area contributed by atoms with Gasteiger partial charge in [-0.1, -0.05) is 56.3 Å². The number of nitrogens with two attached hydrogens (primary N) is 2. The molecule has 0 saturated carbocycles. The van der Waals surface area contributed by atoms with Crippen molar-refractivity contribution in [2.75, 3.05) is 19.6 Å². The van der Waals surface area contributed by atoms with Crippen LogP contribution in [0, 0.1) is 0 Å². The first-order valence-corrected chi connectivity index (χ1v) is 21.2. The lowest BCUT2D eigenvalue weighted by Crippen LogP contribution is -2.57. The number of nitrogens with one attached hydrogen (secondary N) is 8. The van der Waals surface area contributed by atoms with Gasteiger partial charge in [0.1, 0.15) is 30.2 Å². The fourth-order valence-electron chi connectivity index (χ4n) is 6.10. The predicted octanol–water partition coefficient (Wildman–Crippen LogP) is -2.19. The molecule has 0 spiro atoms. The van der Waals surface area contributed by atoms with Gasteiger partial charge in [-0.3, -0.25) is 43.2 Å². The second kappa shape index (κ2) is 28.0. The Balaban J connectivity index is 1.95. The van der Waals surface area contributed by atoms with E-state index in [4.69, 9.17) is 11.5 Å². The van der Waals surface area contributed by atoms with E-state index in [1.165, 1.54) is 13.8 Å².